The maximum absolute atomic E-state index is 12.8. The molecule has 2 rings (SSSR count). The first-order valence-corrected chi connectivity index (χ1v) is 7.17. The highest BCUT2D eigenvalue weighted by molar-refractivity contribution is 5.58. The van der Waals surface area contributed by atoms with E-state index in [4.69, 9.17) is 9.47 Å². The fourth-order valence-electron chi connectivity index (χ4n) is 2.11. The van der Waals surface area contributed by atoms with Crippen LogP contribution in [0.3, 0.4) is 0 Å². The molecule has 1 aliphatic rings. The molecule has 124 valence electrons. The molecule has 0 spiro atoms. The lowest BCUT2D eigenvalue weighted by molar-refractivity contribution is -0.137. The highest BCUT2D eigenvalue weighted by atomic mass is 19.4. The summed E-state index contributed by atoms with van der Waals surface area (Å²) >= 11 is 0. The minimum atomic E-state index is -4.41. The smallest absolute Gasteiger partial charge is 0.416 e. The van der Waals surface area contributed by atoms with Crippen LogP contribution in [-0.2, 0) is 10.9 Å². The number of benzene rings is 1. The topological polar surface area (TPSA) is 50.7 Å². The molecule has 22 heavy (non-hydrogen) atoms. The van der Waals surface area contributed by atoms with Crippen molar-refractivity contribution in [2.24, 2.45) is 5.41 Å². The van der Waals surface area contributed by atoms with E-state index in [0.29, 0.717) is 32.1 Å². The number of hydrogen-bond acceptors (Lipinski definition) is 4. The second-order valence-corrected chi connectivity index (χ2v) is 5.56. The maximum Gasteiger partial charge on any atom is 0.416 e. The van der Waals surface area contributed by atoms with Gasteiger partial charge < -0.3 is 19.9 Å². The molecular weight excluding hydrogens is 299 g/mol. The summed E-state index contributed by atoms with van der Waals surface area (Å²) in [4.78, 5) is 0. The zero-order chi connectivity index (χ0) is 16.2. The Balaban J connectivity index is 2.17. The third-order valence-corrected chi connectivity index (χ3v) is 3.57. The van der Waals surface area contributed by atoms with Gasteiger partial charge in [-0.3, -0.25) is 0 Å². The second-order valence-electron chi connectivity index (χ2n) is 5.56. The van der Waals surface area contributed by atoms with Crippen LogP contribution in [0, 0.1) is 5.41 Å². The van der Waals surface area contributed by atoms with Crippen molar-refractivity contribution < 1.29 is 27.8 Å². The van der Waals surface area contributed by atoms with Gasteiger partial charge in [-0.1, -0.05) is 6.92 Å². The highest BCUT2D eigenvalue weighted by Crippen LogP contribution is 2.36. The first kappa shape index (κ1) is 16.9. The Hall–Kier alpha value is -1.47. The quantitative estimate of drug-likeness (QED) is 0.811. The summed E-state index contributed by atoms with van der Waals surface area (Å²) in [6.07, 6.45) is -3.65. The average molecular weight is 319 g/mol. The fourth-order valence-corrected chi connectivity index (χ4v) is 2.11. The molecule has 0 bridgehead atoms. The number of alkyl halides is 3. The molecular formula is C15H20F3NO3. The average Bonchev–Trinajstić information content (AvgIpc) is 2.44. The van der Waals surface area contributed by atoms with Crippen molar-refractivity contribution in [3.8, 4) is 5.75 Å². The minimum Gasteiger partial charge on any atom is -0.491 e. The maximum atomic E-state index is 12.8. The summed E-state index contributed by atoms with van der Waals surface area (Å²) in [6.45, 7) is 3.37. The lowest BCUT2D eigenvalue weighted by atomic mass is 9.87. The van der Waals surface area contributed by atoms with Crippen molar-refractivity contribution in [2.45, 2.75) is 19.5 Å². The summed E-state index contributed by atoms with van der Waals surface area (Å²) in [7, 11) is 0. The van der Waals surface area contributed by atoms with E-state index in [1.54, 1.807) is 0 Å². The van der Waals surface area contributed by atoms with E-state index >= 15 is 0 Å². The van der Waals surface area contributed by atoms with Crippen LogP contribution >= 0.6 is 0 Å². The Kier molecular flexibility index (Phi) is 5.18. The number of ether oxygens (including phenoxy) is 2. The molecule has 0 saturated carbocycles. The predicted octanol–water partition coefficient (Wildman–Crippen LogP) is 2.92. The van der Waals surface area contributed by atoms with E-state index in [1.807, 2.05) is 6.92 Å². The standard InChI is InChI=1S/C15H20F3NO3/c1-2-5-22-13-4-3-11(15(16,17)18)6-12(13)19-7-14(8-20)9-21-10-14/h3-4,6,19-20H,2,5,7-10H2,1H3. The van der Waals surface area contributed by atoms with Crippen molar-refractivity contribution in [1.82, 2.24) is 0 Å². The SMILES string of the molecule is CCCOc1ccc(C(F)(F)F)cc1NCC1(CO)COC1. The zero-order valence-corrected chi connectivity index (χ0v) is 12.4. The van der Waals surface area contributed by atoms with Gasteiger partial charge in [0, 0.05) is 6.54 Å². The van der Waals surface area contributed by atoms with Gasteiger partial charge in [-0.05, 0) is 24.6 Å². The van der Waals surface area contributed by atoms with Crippen LogP contribution < -0.4 is 10.1 Å². The van der Waals surface area contributed by atoms with Crippen LogP contribution in [0.4, 0.5) is 18.9 Å². The summed E-state index contributed by atoms with van der Waals surface area (Å²) in [5.74, 6) is 0.378. The Morgan fingerprint density at radius 3 is 2.59 bits per heavy atom. The molecule has 0 radical (unpaired) electrons. The van der Waals surface area contributed by atoms with Gasteiger partial charge in [-0.15, -0.1) is 0 Å². The molecule has 2 N–H and O–H groups in total. The number of rotatable bonds is 7. The van der Waals surface area contributed by atoms with Gasteiger partial charge in [0.05, 0.1) is 43.1 Å². The lowest BCUT2D eigenvalue weighted by Gasteiger charge is -2.40. The van der Waals surface area contributed by atoms with Crippen LogP contribution in [0.25, 0.3) is 0 Å². The number of hydrogen-bond donors (Lipinski definition) is 2. The first-order chi connectivity index (χ1) is 10.4. The van der Waals surface area contributed by atoms with E-state index in [0.717, 1.165) is 18.6 Å². The highest BCUT2D eigenvalue weighted by Gasteiger charge is 2.38. The molecule has 7 heteroatoms. The van der Waals surface area contributed by atoms with Gasteiger partial charge in [0.2, 0.25) is 0 Å². The van der Waals surface area contributed by atoms with Gasteiger partial charge in [0.15, 0.2) is 0 Å². The van der Waals surface area contributed by atoms with E-state index in [2.05, 4.69) is 5.32 Å². The van der Waals surface area contributed by atoms with Crippen LogP contribution in [0.1, 0.15) is 18.9 Å². The van der Waals surface area contributed by atoms with Crippen LogP contribution in [-0.4, -0.2) is 38.1 Å². The number of aliphatic hydroxyl groups is 1. The zero-order valence-electron chi connectivity index (χ0n) is 12.4. The molecule has 0 unspecified atom stereocenters. The van der Waals surface area contributed by atoms with Crippen molar-refractivity contribution in [2.75, 3.05) is 38.3 Å². The van der Waals surface area contributed by atoms with Crippen molar-refractivity contribution >= 4 is 5.69 Å². The number of anilines is 1. The Bertz CT molecular complexity index is 496. The minimum absolute atomic E-state index is 0.0793. The molecule has 0 atom stereocenters. The molecule has 1 aromatic carbocycles. The molecule has 1 fully saturated rings. The molecule has 1 saturated heterocycles. The molecule has 0 aliphatic carbocycles. The van der Waals surface area contributed by atoms with Gasteiger partial charge in [0.1, 0.15) is 5.75 Å². The van der Waals surface area contributed by atoms with E-state index in [-0.39, 0.29) is 12.3 Å². The van der Waals surface area contributed by atoms with Crippen LogP contribution in [0.15, 0.2) is 18.2 Å². The number of aliphatic hydroxyl groups excluding tert-OH is 1. The van der Waals surface area contributed by atoms with Gasteiger partial charge >= 0.3 is 6.18 Å². The van der Waals surface area contributed by atoms with Crippen molar-refractivity contribution in [1.29, 1.82) is 0 Å². The summed E-state index contributed by atoms with van der Waals surface area (Å²) in [5, 5.41) is 12.3. The fraction of sp³-hybridized carbons (Fsp3) is 0.600. The number of nitrogens with one attached hydrogen (secondary N) is 1. The Morgan fingerprint density at radius 1 is 1.36 bits per heavy atom. The molecule has 4 nitrogen and oxygen atoms in total. The molecule has 0 aromatic heterocycles. The van der Waals surface area contributed by atoms with Crippen LogP contribution in [0.2, 0.25) is 0 Å². The first-order valence-electron chi connectivity index (χ1n) is 7.17. The lowest BCUT2D eigenvalue weighted by Crippen LogP contribution is -2.50. The van der Waals surface area contributed by atoms with Crippen molar-refractivity contribution in [3.63, 3.8) is 0 Å². The number of halogens is 3. The predicted molar refractivity (Wildman–Crippen MR) is 76.1 cm³/mol. The molecule has 0 amide bonds. The van der Waals surface area contributed by atoms with Gasteiger partial charge in [0.25, 0.3) is 0 Å². The van der Waals surface area contributed by atoms with E-state index < -0.39 is 17.2 Å². The Morgan fingerprint density at radius 2 is 2.09 bits per heavy atom. The third-order valence-electron chi connectivity index (χ3n) is 3.57. The van der Waals surface area contributed by atoms with Gasteiger partial charge in [-0.2, -0.15) is 13.2 Å². The summed E-state index contributed by atoms with van der Waals surface area (Å²) in [5.41, 5.74) is -0.888. The normalized spacial score (nSPS) is 17.0. The molecule has 1 aliphatic heterocycles. The third kappa shape index (κ3) is 3.84. The second kappa shape index (κ2) is 6.75. The summed E-state index contributed by atoms with van der Waals surface area (Å²) in [6, 6.07) is 3.36. The largest absolute Gasteiger partial charge is 0.491 e. The van der Waals surface area contributed by atoms with E-state index in [9.17, 15) is 18.3 Å². The summed E-state index contributed by atoms with van der Waals surface area (Å²) < 4.78 is 49.1. The van der Waals surface area contributed by atoms with Gasteiger partial charge in [-0.25, -0.2) is 0 Å². The van der Waals surface area contributed by atoms with E-state index in [1.165, 1.54) is 6.07 Å². The monoisotopic (exact) mass is 319 g/mol. The van der Waals surface area contributed by atoms with Crippen LogP contribution in [0.5, 0.6) is 5.75 Å². The molecule has 1 heterocycles. The molecule has 1 aromatic rings. The van der Waals surface area contributed by atoms with Crippen molar-refractivity contribution in [3.05, 3.63) is 23.8 Å². The Labute approximate surface area is 127 Å².